The van der Waals surface area contributed by atoms with E-state index in [1.165, 1.54) is 64.2 Å². The van der Waals surface area contributed by atoms with E-state index in [0.717, 1.165) is 83.5 Å². The Morgan fingerprint density at radius 2 is 0.947 bits per heavy atom. The summed E-state index contributed by atoms with van der Waals surface area (Å²) in [4.78, 5) is 37.5. The number of carbonyl (C=O) groups is 2. The van der Waals surface area contributed by atoms with Crippen LogP contribution in [0.1, 0.15) is 187 Å². The van der Waals surface area contributed by atoms with E-state index >= 15 is 0 Å². The lowest BCUT2D eigenvalue weighted by atomic mass is 10.1. The highest BCUT2D eigenvalue weighted by Gasteiger charge is 2.21. The fraction of sp³-hybridized carbons (Fsp3) is 0.787. The van der Waals surface area contributed by atoms with Gasteiger partial charge in [0.25, 0.3) is 7.82 Å². The molecule has 0 radical (unpaired) electrons. The van der Waals surface area contributed by atoms with Crippen LogP contribution in [0.25, 0.3) is 0 Å². The molecule has 0 bridgehead atoms. The smallest absolute Gasteiger partial charge is 0.306 e. The number of rotatable bonds is 41. The minimum absolute atomic E-state index is 0.0363. The molecule has 0 aromatic carbocycles. The molecule has 0 heterocycles. The predicted octanol–water partition coefficient (Wildman–Crippen LogP) is 12.4. The van der Waals surface area contributed by atoms with Crippen molar-refractivity contribution in [1.82, 2.24) is 0 Å². The van der Waals surface area contributed by atoms with Crippen LogP contribution in [0.4, 0.5) is 0 Å². The second-order valence-electron chi connectivity index (χ2n) is 16.4. The highest BCUT2D eigenvalue weighted by Crippen LogP contribution is 2.38. The zero-order valence-electron chi connectivity index (χ0n) is 37.3. The molecule has 9 nitrogen and oxygen atoms in total. The van der Waals surface area contributed by atoms with Crippen molar-refractivity contribution in [3.05, 3.63) is 48.6 Å². The molecule has 2 atom stereocenters. The summed E-state index contributed by atoms with van der Waals surface area (Å²) in [6.45, 7) is 4.16. The van der Waals surface area contributed by atoms with E-state index < -0.39 is 32.5 Å². The van der Waals surface area contributed by atoms with Crippen LogP contribution in [0.5, 0.6) is 0 Å². The van der Waals surface area contributed by atoms with Crippen molar-refractivity contribution in [2.45, 2.75) is 193 Å². The Morgan fingerprint density at radius 1 is 0.544 bits per heavy atom. The lowest BCUT2D eigenvalue weighted by molar-refractivity contribution is -0.870. The summed E-state index contributed by atoms with van der Waals surface area (Å²) in [7, 11) is 1.15. The predicted molar refractivity (Wildman–Crippen MR) is 236 cm³/mol. The van der Waals surface area contributed by atoms with E-state index in [2.05, 4.69) is 62.5 Å². The Morgan fingerprint density at radius 3 is 1.46 bits per heavy atom. The van der Waals surface area contributed by atoms with Crippen molar-refractivity contribution in [3.63, 3.8) is 0 Å². The lowest BCUT2D eigenvalue weighted by Gasteiger charge is -2.28. The molecular weight excluding hydrogens is 737 g/mol. The Balaban J connectivity index is 4.35. The molecule has 2 unspecified atom stereocenters. The van der Waals surface area contributed by atoms with Crippen LogP contribution in [-0.4, -0.2) is 70.0 Å². The number of hydrogen-bond acceptors (Lipinski definition) is 8. The fourth-order valence-corrected chi connectivity index (χ4v) is 6.68. The van der Waals surface area contributed by atoms with Gasteiger partial charge in [0.15, 0.2) is 6.10 Å². The quantitative estimate of drug-likeness (QED) is 0.0197. The molecule has 0 spiro atoms. The number of nitrogens with zero attached hydrogens (tertiary/aromatic N) is 1. The Bertz CT molecular complexity index is 1110. The monoisotopic (exact) mass is 824 g/mol. The molecule has 0 amide bonds. The number of esters is 2. The lowest BCUT2D eigenvalue weighted by Crippen LogP contribution is -2.37. The summed E-state index contributed by atoms with van der Waals surface area (Å²) < 4.78 is 33.9. The number of carbonyl (C=O) groups excluding carboxylic acids is 2. The van der Waals surface area contributed by atoms with E-state index in [0.29, 0.717) is 23.9 Å². The van der Waals surface area contributed by atoms with E-state index in [4.69, 9.17) is 18.5 Å². The van der Waals surface area contributed by atoms with Gasteiger partial charge in [0, 0.05) is 12.8 Å². The number of quaternary nitrogens is 1. The van der Waals surface area contributed by atoms with Crippen molar-refractivity contribution in [1.29, 1.82) is 0 Å². The standard InChI is InChI=1S/C47H86NO8P/c1-6-8-10-12-14-16-18-20-21-22-23-24-25-26-27-28-30-32-34-36-38-40-47(50)56-45(44-55-57(51,52)54-42-41-48(3,4)5)43-53-46(49)39-37-35-33-31-29-19-17-15-13-11-9-7-2/h15,17-18,20,22-23,25-26,45H,6-14,16,19,21,24,27-44H2,1-5H3/b17-15-,20-18-,23-22-,26-25-. The SMILES string of the molecule is CCCCC/C=C\CCCCCCCC(=O)OCC(COP(=O)([O-])OCC[N+](C)(C)C)OC(=O)CCCCCCCC/C=C\C/C=C\C/C=C\CCCCCCC. The van der Waals surface area contributed by atoms with Gasteiger partial charge in [-0.15, -0.1) is 0 Å². The van der Waals surface area contributed by atoms with Crippen molar-refractivity contribution in [3.8, 4) is 0 Å². The molecule has 0 saturated heterocycles. The first-order chi connectivity index (χ1) is 27.5. The van der Waals surface area contributed by atoms with E-state index in [9.17, 15) is 19.0 Å². The molecule has 0 aromatic rings. The normalized spacial score (nSPS) is 14.0. The maximum absolute atomic E-state index is 12.7. The molecule has 0 aromatic heterocycles. The highest BCUT2D eigenvalue weighted by molar-refractivity contribution is 7.45. The second kappa shape index (κ2) is 39.4. The molecule has 0 fully saturated rings. The van der Waals surface area contributed by atoms with E-state index in [-0.39, 0.29) is 26.1 Å². The number of ether oxygens (including phenoxy) is 2. The van der Waals surface area contributed by atoms with Crippen molar-refractivity contribution in [2.75, 3.05) is 47.5 Å². The van der Waals surface area contributed by atoms with Gasteiger partial charge in [-0.25, -0.2) is 0 Å². The summed E-state index contributed by atoms with van der Waals surface area (Å²) in [5, 5.41) is 0. The summed E-state index contributed by atoms with van der Waals surface area (Å²) >= 11 is 0. The zero-order chi connectivity index (χ0) is 42.1. The maximum Gasteiger partial charge on any atom is 0.306 e. The van der Waals surface area contributed by atoms with Crippen LogP contribution in [0.3, 0.4) is 0 Å². The van der Waals surface area contributed by atoms with Gasteiger partial charge < -0.3 is 27.9 Å². The van der Waals surface area contributed by atoms with Crippen LogP contribution in [-0.2, 0) is 32.7 Å². The van der Waals surface area contributed by atoms with E-state index in [1.54, 1.807) is 0 Å². The zero-order valence-corrected chi connectivity index (χ0v) is 38.2. The Labute approximate surface area is 350 Å². The van der Waals surface area contributed by atoms with Gasteiger partial charge in [-0.3, -0.25) is 14.2 Å². The average molecular weight is 824 g/mol. The topological polar surface area (TPSA) is 111 Å². The van der Waals surface area contributed by atoms with Crippen LogP contribution in [0, 0.1) is 0 Å². The molecule has 0 saturated carbocycles. The Hall–Kier alpha value is -2.03. The number of phosphoric ester groups is 1. The van der Waals surface area contributed by atoms with Crippen molar-refractivity contribution >= 4 is 19.8 Å². The molecule has 57 heavy (non-hydrogen) atoms. The molecule has 332 valence electrons. The summed E-state index contributed by atoms with van der Waals surface area (Å²) in [6, 6.07) is 0. The summed E-state index contributed by atoms with van der Waals surface area (Å²) in [5.74, 6) is -0.861. The molecule has 0 rings (SSSR count). The highest BCUT2D eigenvalue weighted by atomic mass is 31.2. The minimum Gasteiger partial charge on any atom is -0.756 e. The van der Waals surface area contributed by atoms with Crippen molar-refractivity contribution < 1.29 is 42.1 Å². The van der Waals surface area contributed by atoms with E-state index in [1.807, 2.05) is 21.1 Å². The third-order valence-corrected chi connectivity index (χ3v) is 10.5. The number of unbranched alkanes of at least 4 members (excludes halogenated alkanes) is 19. The molecule has 10 heteroatoms. The van der Waals surface area contributed by atoms with Gasteiger partial charge in [0.05, 0.1) is 27.7 Å². The van der Waals surface area contributed by atoms with Gasteiger partial charge in [-0.1, -0.05) is 146 Å². The van der Waals surface area contributed by atoms with Gasteiger partial charge in [0.1, 0.15) is 19.8 Å². The van der Waals surface area contributed by atoms with Gasteiger partial charge in [0.2, 0.25) is 0 Å². The third kappa shape index (κ3) is 43.4. The largest absolute Gasteiger partial charge is 0.756 e. The summed E-state index contributed by atoms with van der Waals surface area (Å²) in [6.07, 6.45) is 45.6. The number of allylic oxidation sites excluding steroid dienone is 8. The molecule has 0 aliphatic heterocycles. The van der Waals surface area contributed by atoms with Gasteiger partial charge in [-0.2, -0.15) is 0 Å². The van der Waals surface area contributed by atoms with Crippen LogP contribution < -0.4 is 4.89 Å². The maximum atomic E-state index is 12.7. The second-order valence-corrected chi connectivity index (χ2v) is 17.8. The summed E-state index contributed by atoms with van der Waals surface area (Å²) in [5.41, 5.74) is 0. The van der Waals surface area contributed by atoms with Gasteiger partial charge in [-0.05, 0) is 77.0 Å². The van der Waals surface area contributed by atoms with Crippen LogP contribution in [0.2, 0.25) is 0 Å². The first kappa shape index (κ1) is 55.0. The first-order valence-corrected chi connectivity index (χ1v) is 24.3. The first-order valence-electron chi connectivity index (χ1n) is 22.8. The Kier molecular flexibility index (Phi) is 38.0. The van der Waals surface area contributed by atoms with Crippen molar-refractivity contribution in [2.24, 2.45) is 0 Å². The fourth-order valence-electron chi connectivity index (χ4n) is 5.95. The number of phosphoric acid groups is 1. The molecular formula is C47H86NO8P. The number of hydrogen-bond donors (Lipinski definition) is 0. The minimum atomic E-state index is -4.63. The van der Waals surface area contributed by atoms with Gasteiger partial charge >= 0.3 is 11.9 Å². The van der Waals surface area contributed by atoms with Crippen LogP contribution in [0.15, 0.2) is 48.6 Å². The number of likely N-dealkylation sites (N-methyl/N-ethyl adjacent to an activating group) is 1. The average Bonchev–Trinajstić information content (AvgIpc) is 3.16. The molecule has 0 N–H and O–H groups in total. The molecule has 0 aliphatic rings. The van der Waals surface area contributed by atoms with Crippen LogP contribution >= 0.6 is 7.82 Å². The third-order valence-electron chi connectivity index (χ3n) is 9.57. The molecule has 0 aliphatic carbocycles.